The van der Waals surface area contributed by atoms with E-state index in [1.807, 2.05) is 36.1 Å². The highest BCUT2D eigenvalue weighted by atomic mass is 16.2. The van der Waals surface area contributed by atoms with Gasteiger partial charge in [0, 0.05) is 24.8 Å². The average molecular weight is 340 g/mol. The summed E-state index contributed by atoms with van der Waals surface area (Å²) in [5.41, 5.74) is 2.57. The number of benzene rings is 1. The van der Waals surface area contributed by atoms with E-state index < -0.39 is 0 Å². The van der Waals surface area contributed by atoms with Gasteiger partial charge >= 0.3 is 0 Å². The van der Waals surface area contributed by atoms with Gasteiger partial charge in [0.05, 0.1) is 31.7 Å². The Morgan fingerprint density at radius 3 is 2.12 bits per heavy atom. The molecule has 3 heteroatoms. The summed E-state index contributed by atoms with van der Waals surface area (Å²) in [6.45, 7) is 6.23. The normalized spacial score (nSPS) is 37.5. The van der Waals surface area contributed by atoms with Crippen LogP contribution in [0.15, 0.2) is 24.3 Å². The molecule has 0 unspecified atom stereocenters. The maximum Gasteiger partial charge on any atom is 0.254 e. The zero-order chi connectivity index (χ0) is 17.0. The molecule has 1 aliphatic heterocycles. The summed E-state index contributed by atoms with van der Waals surface area (Å²) >= 11 is 0. The monoisotopic (exact) mass is 339 g/mol. The van der Waals surface area contributed by atoms with E-state index in [1.165, 1.54) is 38.5 Å². The summed E-state index contributed by atoms with van der Waals surface area (Å²) in [7, 11) is 0. The third kappa shape index (κ3) is 2.63. The highest BCUT2D eigenvalue weighted by Crippen LogP contribution is 2.54. The lowest BCUT2D eigenvalue weighted by molar-refractivity contribution is -0.962. The molecule has 5 aliphatic rings. The minimum absolute atomic E-state index is 0.239. The Bertz CT molecular complexity index is 639. The van der Waals surface area contributed by atoms with Crippen LogP contribution in [0.25, 0.3) is 0 Å². The predicted molar refractivity (Wildman–Crippen MR) is 98.7 cm³/mol. The van der Waals surface area contributed by atoms with Crippen LogP contribution in [0.1, 0.15) is 54.4 Å². The molecule has 3 nitrogen and oxygen atoms in total. The summed E-state index contributed by atoms with van der Waals surface area (Å²) in [5, 5.41) is 0. The Labute approximate surface area is 151 Å². The maximum absolute atomic E-state index is 12.9. The number of aryl methyl sites for hydroxylation is 1. The van der Waals surface area contributed by atoms with Crippen molar-refractivity contribution in [2.24, 2.45) is 17.8 Å². The molecule has 0 radical (unpaired) electrons. The number of nitrogens with zero attached hydrogens (tertiary/aromatic N) is 1. The number of rotatable bonds is 2. The van der Waals surface area contributed by atoms with Gasteiger partial charge in [-0.15, -0.1) is 0 Å². The molecule has 4 aliphatic carbocycles. The van der Waals surface area contributed by atoms with Crippen LogP contribution in [0.2, 0.25) is 0 Å². The lowest BCUT2D eigenvalue weighted by Gasteiger charge is -2.59. The molecule has 1 heterocycles. The van der Waals surface area contributed by atoms with Gasteiger partial charge in [-0.1, -0.05) is 18.2 Å². The third-order valence-corrected chi connectivity index (χ3v) is 7.82. The van der Waals surface area contributed by atoms with Gasteiger partial charge in [-0.05, 0) is 55.6 Å². The van der Waals surface area contributed by atoms with Gasteiger partial charge in [0.15, 0.2) is 0 Å². The Hall–Kier alpha value is -1.35. The van der Waals surface area contributed by atoms with E-state index in [-0.39, 0.29) is 5.91 Å². The molecule has 4 saturated carbocycles. The summed E-state index contributed by atoms with van der Waals surface area (Å²) in [4.78, 5) is 16.8. The summed E-state index contributed by atoms with van der Waals surface area (Å²) in [6, 6.07) is 8.03. The Morgan fingerprint density at radius 1 is 1.00 bits per heavy atom. The van der Waals surface area contributed by atoms with Crippen LogP contribution in [0.4, 0.5) is 0 Å². The van der Waals surface area contributed by atoms with E-state index >= 15 is 0 Å². The van der Waals surface area contributed by atoms with Crippen molar-refractivity contribution in [3.05, 3.63) is 35.4 Å². The zero-order valence-electron chi connectivity index (χ0n) is 15.5. The average Bonchev–Trinajstić information content (AvgIpc) is 2.61. The van der Waals surface area contributed by atoms with Gasteiger partial charge in [-0.25, -0.2) is 0 Å². The number of hydrogen-bond acceptors (Lipinski definition) is 1. The van der Waals surface area contributed by atoms with Crippen molar-refractivity contribution in [2.75, 3.05) is 26.2 Å². The smallest absolute Gasteiger partial charge is 0.254 e. The number of amides is 1. The van der Waals surface area contributed by atoms with Crippen LogP contribution < -0.4 is 4.90 Å². The highest BCUT2D eigenvalue weighted by Gasteiger charge is 2.56. The molecule has 0 aromatic heterocycles. The van der Waals surface area contributed by atoms with Crippen molar-refractivity contribution in [3.8, 4) is 0 Å². The number of piperazine rings is 1. The van der Waals surface area contributed by atoms with E-state index in [0.717, 1.165) is 55.1 Å². The third-order valence-electron chi connectivity index (χ3n) is 7.82. The van der Waals surface area contributed by atoms with E-state index in [1.54, 1.807) is 0 Å². The molecule has 1 N–H and O–H groups in total. The lowest BCUT2D eigenvalue weighted by Crippen LogP contribution is -3.23. The first-order valence-corrected chi connectivity index (χ1v) is 10.3. The molecule has 1 amide bonds. The molecule has 1 saturated heterocycles. The first kappa shape index (κ1) is 15.9. The molecule has 25 heavy (non-hydrogen) atoms. The molecular weight excluding hydrogens is 308 g/mol. The van der Waals surface area contributed by atoms with Crippen molar-refractivity contribution in [2.45, 2.75) is 51.0 Å². The lowest BCUT2D eigenvalue weighted by atomic mass is 9.52. The van der Waals surface area contributed by atoms with Gasteiger partial charge in [-0.3, -0.25) is 4.79 Å². The molecule has 4 bridgehead atoms. The summed E-state index contributed by atoms with van der Waals surface area (Å²) in [6.07, 6.45) is 8.97. The largest absolute Gasteiger partial charge is 0.327 e. The molecule has 1 aromatic carbocycles. The topological polar surface area (TPSA) is 24.8 Å². The second kappa shape index (κ2) is 5.84. The van der Waals surface area contributed by atoms with E-state index in [4.69, 9.17) is 0 Å². The van der Waals surface area contributed by atoms with Gasteiger partial charge in [-0.2, -0.15) is 0 Å². The van der Waals surface area contributed by atoms with Gasteiger partial charge in [0.2, 0.25) is 0 Å². The van der Waals surface area contributed by atoms with Crippen LogP contribution in [-0.4, -0.2) is 42.5 Å². The first-order chi connectivity index (χ1) is 12.1. The van der Waals surface area contributed by atoms with Crippen molar-refractivity contribution in [1.29, 1.82) is 0 Å². The number of quaternary nitrogens is 1. The summed E-state index contributed by atoms with van der Waals surface area (Å²) in [5.74, 6) is 3.30. The van der Waals surface area contributed by atoms with Crippen LogP contribution >= 0.6 is 0 Å². The van der Waals surface area contributed by atoms with Crippen molar-refractivity contribution < 1.29 is 9.69 Å². The molecule has 1 aromatic rings. The minimum atomic E-state index is 0.239. The standard InChI is InChI=1S/C22H30N2O/c1-16-4-2-3-5-20(16)21(25)23-6-8-24(9-7-23)22-13-17-10-18(14-22)12-19(11-17)15-22/h2-5,17-19H,6-15H2,1H3/p+1. The van der Waals surface area contributed by atoms with Crippen molar-refractivity contribution in [1.82, 2.24) is 4.90 Å². The number of carbonyl (C=O) groups excluding carboxylic acids is 1. The fraction of sp³-hybridized carbons (Fsp3) is 0.682. The van der Waals surface area contributed by atoms with E-state index in [2.05, 4.69) is 4.90 Å². The SMILES string of the molecule is Cc1ccccc1C(=O)N1CC[NH+](C23CC4CC(CC(C4)C2)C3)CC1. The Morgan fingerprint density at radius 2 is 1.56 bits per heavy atom. The summed E-state index contributed by atoms with van der Waals surface area (Å²) < 4.78 is 0. The second-order valence-corrected chi connectivity index (χ2v) is 9.41. The predicted octanol–water partition coefficient (Wildman–Crippen LogP) is 2.30. The fourth-order valence-corrected chi connectivity index (χ4v) is 7.04. The Kier molecular flexibility index (Phi) is 3.70. The molecule has 0 atom stereocenters. The van der Waals surface area contributed by atoms with Crippen LogP contribution in [0, 0.1) is 24.7 Å². The van der Waals surface area contributed by atoms with Crippen molar-refractivity contribution in [3.63, 3.8) is 0 Å². The quantitative estimate of drug-likeness (QED) is 0.879. The van der Waals surface area contributed by atoms with Crippen LogP contribution in [0.3, 0.4) is 0 Å². The fourth-order valence-electron chi connectivity index (χ4n) is 7.04. The Balaban J connectivity index is 1.28. The van der Waals surface area contributed by atoms with Crippen LogP contribution in [0.5, 0.6) is 0 Å². The molecule has 0 spiro atoms. The molecular formula is C22H31N2O+. The molecule has 6 rings (SSSR count). The first-order valence-electron chi connectivity index (χ1n) is 10.3. The maximum atomic E-state index is 12.9. The van der Waals surface area contributed by atoms with Crippen molar-refractivity contribution >= 4 is 5.91 Å². The van der Waals surface area contributed by atoms with Gasteiger partial charge < -0.3 is 9.80 Å². The van der Waals surface area contributed by atoms with E-state index in [9.17, 15) is 4.79 Å². The zero-order valence-corrected chi connectivity index (χ0v) is 15.5. The number of hydrogen-bond donors (Lipinski definition) is 1. The molecule has 134 valence electrons. The molecule has 5 fully saturated rings. The van der Waals surface area contributed by atoms with Gasteiger partial charge in [0.25, 0.3) is 5.91 Å². The highest BCUT2D eigenvalue weighted by molar-refractivity contribution is 5.95. The van der Waals surface area contributed by atoms with Gasteiger partial charge in [0.1, 0.15) is 0 Å². The second-order valence-electron chi connectivity index (χ2n) is 9.41. The number of nitrogens with one attached hydrogen (secondary N) is 1. The van der Waals surface area contributed by atoms with E-state index in [0.29, 0.717) is 5.54 Å². The minimum Gasteiger partial charge on any atom is -0.327 e. The van der Waals surface area contributed by atoms with Crippen LogP contribution in [-0.2, 0) is 0 Å². The number of carbonyl (C=O) groups is 1.